The molecule has 3 rings (SSSR count). The van der Waals surface area contributed by atoms with Crippen LogP contribution in [0.3, 0.4) is 0 Å². The normalized spacial score (nSPS) is 24.1. The fraction of sp³-hybridized carbons (Fsp3) is 0.625. The third kappa shape index (κ3) is 12.3. The summed E-state index contributed by atoms with van der Waals surface area (Å²) in [4.78, 5) is 99.4. The summed E-state index contributed by atoms with van der Waals surface area (Å²) in [5, 5.41) is 36.8. The van der Waals surface area contributed by atoms with Crippen LogP contribution < -0.4 is 31.9 Å². The molecule has 0 saturated carbocycles. The van der Waals surface area contributed by atoms with Gasteiger partial charge in [-0.25, -0.2) is 9.59 Å². The van der Waals surface area contributed by atoms with Gasteiger partial charge in [0, 0.05) is 30.9 Å². The fourth-order valence-corrected chi connectivity index (χ4v) is 7.50. The van der Waals surface area contributed by atoms with Crippen molar-refractivity contribution < 1.29 is 43.8 Å². The molecule has 1 aromatic heterocycles. The summed E-state index contributed by atoms with van der Waals surface area (Å²) in [6.45, 7) is 12.4. The maximum Gasteiger partial charge on any atom is 0.326 e. The van der Waals surface area contributed by atoms with Gasteiger partial charge < -0.3 is 52.0 Å². The maximum atomic E-state index is 14.3. The van der Waals surface area contributed by atoms with Crippen LogP contribution in [0.25, 0.3) is 10.9 Å². The number of amides is 7. The molecule has 1 aliphatic rings. The molecule has 2 heterocycles. The zero-order valence-corrected chi connectivity index (χ0v) is 36.2. The van der Waals surface area contributed by atoms with Crippen molar-refractivity contribution in [3.63, 3.8) is 0 Å². The van der Waals surface area contributed by atoms with Crippen molar-refractivity contribution in [2.45, 2.75) is 130 Å². The van der Waals surface area contributed by atoms with Gasteiger partial charge in [-0.05, 0) is 83.6 Å². The highest BCUT2D eigenvalue weighted by Crippen LogP contribution is 2.30. The summed E-state index contributed by atoms with van der Waals surface area (Å²) < 4.78 is 0.553. The number of carboxylic acid groups (broad SMARTS) is 1. The molecule has 322 valence electrons. The van der Waals surface area contributed by atoms with Gasteiger partial charge in [-0.2, -0.15) is 0 Å². The molecular formula is C40H61BrN8O9. The molecule has 1 aromatic carbocycles. The summed E-state index contributed by atoms with van der Waals surface area (Å²) in [7, 11) is 1.49. The number of carbonyl (C=O) groups excluding carboxylic acids is 6. The molecular weight excluding hydrogens is 816 g/mol. The highest BCUT2D eigenvalue weighted by atomic mass is 79.9. The highest BCUT2D eigenvalue weighted by molar-refractivity contribution is 9.10. The number of phenols is 1. The van der Waals surface area contributed by atoms with Crippen LogP contribution in [0.15, 0.2) is 22.8 Å². The molecule has 9 atom stereocenters. The summed E-state index contributed by atoms with van der Waals surface area (Å²) in [5.41, 5.74) is 1.32. The molecule has 0 aliphatic carbocycles. The lowest BCUT2D eigenvalue weighted by atomic mass is 9.93. The van der Waals surface area contributed by atoms with E-state index in [9.17, 15) is 43.8 Å². The average Bonchev–Trinajstić information content (AvgIpc) is 3.49. The molecule has 1 saturated heterocycles. The van der Waals surface area contributed by atoms with E-state index in [2.05, 4.69) is 52.8 Å². The van der Waals surface area contributed by atoms with Gasteiger partial charge in [-0.1, -0.05) is 60.8 Å². The number of aromatic amines is 1. The van der Waals surface area contributed by atoms with Gasteiger partial charge in [0.25, 0.3) is 0 Å². The van der Waals surface area contributed by atoms with Crippen LogP contribution in [0.4, 0.5) is 4.79 Å². The van der Waals surface area contributed by atoms with Gasteiger partial charge >= 0.3 is 12.0 Å². The Morgan fingerprint density at radius 3 is 2.21 bits per heavy atom. The van der Waals surface area contributed by atoms with Crippen molar-refractivity contribution in [1.29, 1.82) is 0 Å². The largest absolute Gasteiger partial charge is 0.508 e. The van der Waals surface area contributed by atoms with E-state index in [0.717, 1.165) is 0 Å². The monoisotopic (exact) mass is 876 g/mol. The van der Waals surface area contributed by atoms with Crippen LogP contribution in [0.2, 0.25) is 0 Å². The number of aromatic hydroxyl groups is 1. The molecule has 2 aromatic rings. The Bertz CT molecular complexity index is 1800. The van der Waals surface area contributed by atoms with Crippen molar-refractivity contribution in [3.05, 3.63) is 28.4 Å². The second-order valence-corrected chi connectivity index (χ2v) is 16.2. The number of aromatic nitrogens is 1. The minimum atomic E-state index is -1.23. The molecule has 0 radical (unpaired) electrons. The van der Waals surface area contributed by atoms with Crippen LogP contribution in [0.5, 0.6) is 5.75 Å². The highest BCUT2D eigenvalue weighted by Gasteiger charge is 2.39. The SMILES string of the molecule is CC[C@@H](C)[C@H](NC(=O)N[C@H]1CCCCNC(=O)[C@@H](Cc2c(Br)[nH]c3ccc(O)cc23)NC(=O)[C@H]([C@H](C)CC)N(C)C(=O)[C@H]([C@H](C)CC)NC(=O)[C@H](C)NC1=O)C(=O)O. The number of H-pyrrole nitrogens is 1. The van der Waals surface area contributed by atoms with E-state index in [1.807, 2.05) is 20.8 Å². The first kappa shape index (κ1) is 47.5. The van der Waals surface area contributed by atoms with E-state index in [1.54, 1.807) is 32.9 Å². The number of likely N-dealkylation sites (N-methyl/N-ethyl adjacent to an activating group) is 1. The van der Waals surface area contributed by atoms with Gasteiger partial charge in [0.2, 0.25) is 29.5 Å². The number of halogens is 1. The Hall–Kier alpha value is -4.87. The van der Waals surface area contributed by atoms with Crippen molar-refractivity contribution in [1.82, 2.24) is 41.8 Å². The minimum absolute atomic E-state index is 0.00516. The summed E-state index contributed by atoms with van der Waals surface area (Å²) in [6, 6.07) is -2.94. The van der Waals surface area contributed by atoms with Crippen LogP contribution in [-0.2, 0) is 35.2 Å². The Labute approximate surface area is 348 Å². The lowest BCUT2D eigenvalue weighted by molar-refractivity contribution is -0.145. The lowest BCUT2D eigenvalue weighted by Crippen LogP contribution is -2.61. The number of hydrogen-bond acceptors (Lipinski definition) is 8. The average molecular weight is 878 g/mol. The number of phenolic OH excluding ortho intramolecular Hbond substituents is 1. The third-order valence-corrected chi connectivity index (χ3v) is 11.9. The zero-order valence-electron chi connectivity index (χ0n) is 34.7. The van der Waals surface area contributed by atoms with E-state index < -0.39 is 89.6 Å². The van der Waals surface area contributed by atoms with Crippen LogP contribution >= 0.6 is 15.9 Å². The van der Waals surface area contributed by atoms with E-state index in [-0.39, 0.29) is 31.1 Å². The second kappa shape index (κ2) is 21.8. The standard InChI is InChI=1S/C40H61BrN8O9/c1-9-20(4)30-38(55)49(8)32(22(6)11-3)37(54)45-29(19-26-25-18-24(50)15-16-27(25)44-33(26)41)35(52)42-17-13-12-14-28(36(53)43-23(7)34(51)47-30)46-40(58)48-31(39(56)57)21(5)10-2/h15-16,18,20-23,28-32,44,50H,9-14,17,19H2,1-8H3,(H,42,52)(H,43,53)(H,45,54)(H,47,51)(H,56,57)(H2,46,48,58)/t20-,21-,22-,23+,28+,29-,30+,31+,32+/m1/s1. The van der Waals surface area contributed by atoms with E-state index in [4.69, 9.17) is 0 Å². The predicted molar refractivity (Wildman–Crippen MR) is 221 cm³/mol. The fourth-order valence-electron chi connectivity index (χ4n) is 6.91. The molecule has 1 fully saturated rings. The van der Waals surface area contributed by atoms with Crippen molar-refractivity contribution in [2.75, 3.05) is 13.6 Å². The van der Waals surface area contributed by atoms with E-state index in [0.29, 0.717) is 53.2 Å². The van der Waals surface area contributed by atoms with Gasteiger partial charge in [0.05, 0.1) is 4.60 Å². The van der Waals surface area contributed by atoms with Crippen molar-refractivity contribution in [2.24, 2.45) is 17.8 Å². The number of carboxylic acids is 1. The first-order chi connectivity index (χ1) is 27.3. The molecule has 0 bridgehead atoms. The minimum Gasteiger partial charge on any atom is -0.508 e. The topological polar surface area (TPSA) is 251 Å². The molecule has 0 unspecified atom stereocenters. The molecule has 17 nitrogen and oxygen atoms in total. The lowest BCUT2D eigenvalue weighted by Gasteiger charge is -2.36. The summed E-state index contributed by atoms with van der Waals surface area (Å²) in [5.74, 6) is -5.38. The predicted octanol–water partition coefficient (Wildman–Crippen LogP) is 3.04. The number of fused-ring (bicyclic) bond motifs is 1. The quantitative estimate of drug-likeness (QED) is 0.161. The van der Waals surface area contributed by atoms with Crippen LogP contribution in [-0.4, -0.2) is 111 Å². The van der Waals surface area contributed by atoms with Gasteiger partial charge in [0.1, 0.15) is 42.0 Å². The first-order valence-corrected chi connectivity index (χ1v) is 20.9. The number of carbonyl (C=O) groups is 7. The Kier molecular flexibility index (Phi) is 17.8. The van der Waals surface area contributed by atoms with Gasteiger partial charge in [-0.15, -0.1) is 0 Å². The Morgan fingerprint density at radius 2 is 1.59 bits per heavy atom. The summed E-state index contributed by atoms with van der Waals surface area (Å²) >= 11 is 3.53. The van der Waals surface area contributed by atoms with Gasteiger partial charge in [0.15, 0.2) is 0 Å². The molecule has 7 amide bonds. The summed E-state index contributed by atoms with van der Waals surface area (Å²) in [6.07, 6.45) is 2.18. The number of rotatable bonds is 11. The van der Waals surface area contributed by atoms with Crippen molar-refractivity contribution >= 4 is 68.4 Å². The number of hydrogen-bond donors (Lipinski definition) is 9. The second-order valence-electron chi connectivity index (χ2n) is 15.5. The Morgan fingerprint density at radius 1 is 0.914 bits per heavy atom. The third-order valence-electron chi connectivity index (χ3n) is 11.2. The molecule has 9 N–H and O–H groups in total. The number of urea groups is 1. The number of nitrogens with one attached hydrogen (secondary N) is 7. The number of aliphatic carboxylic acids is 1. The van der Waals surface area contributed by atoms with Crippen LogP contribution in [0.1, 0.15) is 92.6 Å². The smallest absolute Gasteiger partial charge is 0.326 e. The molecule has 1 aliphatic heterocycles. The zero-order chi connectivity index (χ0) is 43.4. The maximum absolute atomic E-state index is 14.3. The first-order valence-electron chi connectivity index (χ1n) is 20.1. The molecule has 18 heteroatoms. The van der Waals surface area contributed by atoms with Gasteiger partial charge in [-0.3, -0.25) is 24.0 Å². The molecule has 0 spiro atoms. The van der Waals surface area contributed by atoms with Crippen LogP contribution in [0, 0.1) is 17.8 Å². The number of benzene rings is 1. The Balaban J connectivity index is 2.03. The van der Waals surface area contributed by atoms with E-state index in [1.165, 1.54) is 24.9 Å². The van der Waals surface area contributed by atoms with Crippen molar-refractivity contribution in [3.8, 4) is 5.75 Å². The van der Waals surface area contributed by atoms with E-state index >= 15 is 0 Å². The number of nitrogens with zero attached hydrogens (tertiary/aromatic N) is 1. The molecule has 58 heavy (non-hydrogen) atoms.